The van der Waals surface area contributed by atoms with Crippen LogP contribution in [0.5, 0.6) is 0 Å². The Kier molecular flexibility index (Phi) is 4.58. The molecule has 0 saturated heterocycles. The molecule has 0 aromatic heterocycles. The van der Waals surface area contributed by atoms with Gasteiger partial charge in [-0.3, -0.25) is 0 Å². The number of benzene rings is 1. The van der Waals surface area contributed by atoms with Gasteiger partial charge in [-0.15, -0.1) is 0 Å². The first-order chi connectivity index (χ1) is 9.04. The average molecular weight is 283 g/mol. The number of halogens is 1. The van der Waals surface area contributed by atoms with Crippen molar-refractivity contribution in [2.45, 2.75) is 44.6 Å². The summed E-state index contributed by atoms with van der Waals surface area (Å²) in [6.45, 7) is 2.76. The molecule has 0 atom stereocenters. The third kappa shape index (κ3) is 3.54. The Balaban J connectivity index is 1.93. The van der Waals surface area contributed by atoms with Crippen molar-refractivity contribution in [2.75, 3.05) is 17.6 Å². The lowest BCUT2D eigenvalue weighted by atomic mass is 9.78. The molecule has 0 bridgehead atoms. The molecule has 0 heterocycles. The van der Waals surface area contributed by atoms with E-state index in [0.717, 1.165) is 37.3 Å². The highest BCUT2D eigenvalue weighted by atomic mass is 35.5. The van der Waals surface area contributed by atoms with E-state index in [4.69, 9.17) is 17.3 Å². The van der Waals surface area contributed by atoms with Crippen LogP contribution in [-0.2, 0) is 0 Å². The number of rotatable bonds is 4. The number of hydrogen-bond acceptors (Lipinski definition) is 3. The van der Waals surface area contributed by atoms with Gasteiger partial charge in [-0.1, -0.05) is 31.0 Å². The van der Waals surface area contributed by atoms with Gasteiger partial charge in [0.15, 0.2) is 0 Å². The molecule has 1 fully saturated rings. The Labute approximate surface area is 120 Å². The quantitative estimate of drug-likeness (QED) is 0.739. The maximum Gasteiger partial charge on any atom is 0.0819 e. The zero-order valence-corrected chi connectivity index (χ0v) is 12.2. The molecule has 1 aromatic rings. The largest absolute Gasteiger partial charge is 0.396 e. The Morgan fingerprint density at radius 1 is 1.42 bits per heavy atom. The van der Waals surface area contributed by atoms with E-state index in [-0.39, 0.29) is 0 Å². The summed E-state index contributed by atoms with van der Waals surface area (Å²) in [6, 6.07) is 5.52. The highest BCUT2D eigenvalue weighted by molar-refractivity contribution is 6.33. The maximum absolute atomic E-state index is 10.6. The number of aliphatic hydroxyl groups is 1. The van der Waals surface area contributed by atoms with E-state index in [0.29, 0.717) is 17.3 Å². The van der Waals surface area contributed by atoms with E-state index in [1.165, 1.54) is 6.42 Å². The summed E-state index contributed by atoms with van der Waals surface area (Å²) >= 11 is 5.98. The molecule has 1 aliphatic rings. The van der Waals surface area contributed by atoms with Crippen LogP contribution >= 0.6 is 11.6 Å². The smallest absolute Gasteiger partial charge is 0.0819 e. The van der Waals surface area contributed by atoms with Crippen LogP contribution in [0.4, 0.5) is 11.4 Å². The number of nitrogens with one attached hydrogen (secondary N) is 1. The van der Waals surface area contributed by atoms with Crippen LogP contribution in [0.1, 0.15) is 39.0 Å². The minimum Gasteiger partial charge on any atom is -0.396 e. The van der Waals surface area contributed by atoms with Crippen molar-refractivity contribution in [3.8, 4) is 0 Å². The van der Waals surface area contributed by atoms with E-state index >= 15 is 0 Å². The van der Waals surface area contributed by atoms with Gasteiger partial charge in [0.2, 0.25) is 0 Å². The first-order valence-corrected chi connectivity index (χ1v) is 7.42. The van der Waals surface area contributed by atoms with Crippen molar-refractivity contribution < 1.29 is 5.11 Å². The van der Waals surface area contributed by atoms with Crippen LogP contribution in [0, 0.1) is 5.92 Å². The fourth-order valence-electron chi connectivity index (χ4n) is 2.75. The minimum absolute atomic E-state index is 0.536. The second-order valence-electron chi connectivity index (χ2n) is 5.63. The highest BCUT2D eigenvalue weighted by Crippen LogP contribution is 2.34. The van der Waals surface area contributed by atoms with E-state index in [9.17, 15) is 5.11 Å². The van der Waals surface area contributed by atoms with Crippen LogP contribution in [0.3, 0.4) is 0 Å². The lowest BCUT2D eigenvalue weighted by molar-refractivity contribution is 0.00231. The van der Waals surface area contributed by atoms with E-state index in [1.807, 2.05) is 12.1 Å². The van der Waals surface area contributed by atoms with Gasteiger partial charge in [0, 0.05) is 6.54 Å². The summed E-state index contributed by atoms with van der Waals surface area (Å²) in [4.78, 5) is 0. The second kappa shape index (κ2) is 6.02. The number of para-hydroxylation sites is 1. The first kappa shape index (κ1) is 14.5. The third-order valence-corrected chi connectivity index (χ3v) is 4.60. The lowest BCUT2D eigenvalue weighted by Crippen LogP contribution is -2.40. The Bertz CT molecular complexity index is 428. The molecule has 3 nitrogen and oxygen atoms in total. The standard InChI is InChI=1S/C15H23ClN2O/c1-2-11-6-8-15(19,9-7-11)10-18-13-5-3-4-12(16)14(13)17/h3-5,11,18-19H,2,6-10,17H2,1H3. The normalized spacial score (nSPS) is 27.2. The second-order valence-corrected chi connectivity index (χ2v) is 6.04. The molecule has 106 valence electrons. The Morgan fingerprint density at radius 3 is 2.74 bits per heavy atom. The summed E-state index contributed by atoms with van der Waals surface area (Å²) in [6.07, 6.45) is 5.15. The van der Waals surface area contributed by atoms with Gasteiger partial charge in [0.25, 0.3) is 0 Å². The molecule has 1 saturated carbocycles. The molecule has 19 heavy (non-hydrogen) atoms. The van der Waals surface area contributed by atoms with Crippen LogP contribution in [-0.4, -0.2) is 17.3 Å². The van der Waals surface area contributed by atoms with E-state index in [1.54, 1.807) is 6.07 Å². The predicted molar refractivity (Wildman–Crippen MR) is 81.6 cm³/mol. The zero-order valence-electron chi connectivity index (χ0n) is 11.5. The van der Waals surface area contributed by atoms with Crippen LogP contribution < -0.4 is 11.1 Å². The molecule has 0 radical (unpaired) electrons. The van der Waals surface area contributed by atoms with Crippen molar-refractivity contribution in [1.82, 2.24) is 0 Å². The fourth-order valence-corrected chi connectivity index (χ4v) is 2.93. The summed E-state index contributed by atoms with van der Waals surface area (Å²) in [5, 5.41) is 14.4. The van der Waals surface area contributed by atoms with Crippen molar-refractivity contribution in [1.29, 1.82) is 0 Å². The van der Waals surface area contributed by atoms with Gasteiger partial charge < -0.3 is 16.2 Å². The highest BCUT2D eigenvalue weighted by Gasteiger charge is 2.32. The lowest BCUT2D eigenvalue weighted by Gasteiger charge is -2.36. The van der Waals surface area contributed by atoms with E-state index < -0.39 is 5.60 Å². The van der Waals surface area contributed by atoms with Crippen LogP contribution in [0.25, 0.3) is 0 Å². The molecule has 1 aliphatic carbocycles. The fraction of sp³-hybridized carbons (Fsp3) is 0.600. The number of anilines is 2. The van der Waals surface area contributed by atoms with Gasteiger partial charge >= 0.3 is 0 Å². The van der Waals surface area contributed by atoms with Crippen molar-refractivity contribution in [3.05, 3.63) is 23.2 Å². The summed E-state index contributed by atoms with van der Waals surface area (Å²) in [7, 11) is 0. The van der Waals surface area contributed by atoms with Gasteiger partial charge in [-0.25, -0.2) is 0 Å². The summed E-state index contributed by atoms with van der Waals surface area (Å²) in [5.41, 5.74) is 6.65. The number of nitrogen functional groups attached to an aromatic ring is 1. The topological polar surface area (TPSA) is 58.3 Å². The monoisotopic (exact) mass is 282 g/mol. The zero-order chi connectivity index (χ0) is 13.9. The number of hydrogen-bond donors (Lipinski definition) is 3. The van der Waals surface area contributed by atoms with Crippen molar-refractivity contribution in [3.63, 3.8) is 0 Å². The Morgan fingerprint density at radius 2 is 2.11 bits per heavy atom. The predicted octanol–water partition coefficient (Wildman–Crippen LogP) is 3.67. The third-order valence-electron chi connectivity index (χ3n) is 4.27. The molecule has 4 heteroatoms. The molecular weight excluding hydrogens is 260 g/mol. The van der Waals surface area contributed by atoms with Gasteiger partial charge in [0.1, 0.15) is 0 Å². The molecule has 0 unspecified atom stereocenters. The molecular formula is C15H23ClN2O. The Hall–Kier alpha value is -0.930. The number of nitrogens with two attached hydrogens (primary N) is 1. The summed E-state index contributed by atoms with van der Waals surface area (Å²) < 4.78 is 0. The molecule has 0 amide bonds. The SMILES string of the molecule is CCC1CCC(O)(CNc2cccc(Cl)c2N)CC1. The molecule has 2 rings (SSSR count). The minimum atomic E-state index is -0.611. The molecule has 1 aromatic carbocycles. The average Bonchev–Trinajstić information content (AvgIpc) is 2.41. The van der Waals surface area contributed by atoms with Crippen molar-refractivity contribution in [2.24, 2.45) is 5.92 Å². The van der Waals surface area contributed by atoms with Gasteiger partial charge in [0.05, 0.1) is 22.0 Å². The van der Waals surface area contributed by atoms with Crippen LogP contribution in [0.15, 0.2) is 18.2 Å². The molecule has 4 N–H and O–H groups in total. The van der Waals surface area contributed by atoms with Gasteiger partial charge in [-0.2, -0.15) is 0 Å². The van der Waals surface area contributed by atoms with E-state index in [2.05, 4.69) is 12.2 Å². The summed E-state index contributed by atoms with van der Waals surface area (Å²) in [5.74, 6) is 0.775. The maximum atomic E-state index is 10.6. The van der Waals surface area contributed by atoms with Gasteiger partial charge in [-0.05, 0) is 43.7 Å². The molecule has 0 spiro atoms. The van der Waals surface area contributed by atoms with Crippen molar-refractivity contribution >= 4 is 23.0 Å². The first-order valence-electron chi connectivity index (χ1n) is 7.04. The van der Waals surface area contributed by atoms with Crippen LogP contribution in [0.2, 0.25) is 5.02 Å². The molecule has 0 aliphatic heterocycles.